The molecule has 0 unspecified atom stereocenters. The van der Waals surface area contributed by atoms with Gasteiger partial charge in [-0.05, 0) is 82.8 Å². The highest BCUT2D eigenvalue weighted by atomic mass is 32.1. The third-order valence-corrected chi connectivity index (χ3v) is 7.92. The van der Waals surface area contributed by atoms with Crippen molar-refractivity contribution >= 4 is 22.3 Å². The lowest BCUT2D eigenvalue weighted by atomic mass is 9.90. The summed E-state index contributed by atoms with van der Waals surface area (Å²) in [4.78, 5) is 16.3. The smallest absolute Gasteiger partial charge is 0.336 e. The highest BCUT2D eigenvalue weighted by Crippen LogP contribution is 2.43. The van der Waals surface area contributed by atoms with Gasteiger partial charge in [0.05, 0.1) is 20.3 Å². The number of rotatable bonds is 6. The first-order chi connectivity index (χ1) is 16.9. The zero-order chi connectivity index (χ0) is 24.7. The summed E-state index contributed by atoms with van der Waals surface area (Å²) in [6.07, 6.45) is 0.896. The summed E-state index contributed by atoms with van der Waals surface area (Å²) in [5, 5.41) is 3.13. The van der Waals surface area contributed by atoms with Crippen molar-refractivity contribution in [3.8, 4) is 11.5 Å². The Morgan fingerprint density at radius 1 is 1.11 bits per heavy atom. The number of ether oxygens (including phenoxy) is 2. The topological polar surface area (TPSA) is 51.9 Å². The average Bonchev–Trinajstić information content (AvgIpc) is 3.36. The molecule has 2 aromatic heterocycles. The molecule has 35 heavy (non-hydrogen) atoms. The van der Waals surface area contributed by atoms with Crippen molar-refractivity contribution in [2.75, 3.05) is 20.8 Å². The van der Waals surface area contributed by atoms with Crippen LogP contribution >= 0.6 is 11.3 Å². The second-order valence-corrected chi connectivity index (χ2v) is 10.5. The van der Waals surface area contributed by atoms with Crippen LogP contribution in [0.5, 0.6) is 11.5 Å². The molecule has 0 N–H and O–H groups in total. The number of hydrogen-bond acceptors (Lipinski definition) is 6. The SMILES string of the molecule is COc1cc2c(cc1OC)[C@H](c1cccs1)N(Cc1cc(=O)oc3cc(C)c(C(C)C)cc13)CC2. The zero-order valence-corrected chi connectivity index (χ0v) is 21.7. The van der Waals surface area contributed by atoms with Gasteiger partial charge in [0.2, 0.25) is 0 Å². The third kappa shape index (κ3) is 4.37. The van der Waals surface area contributed by atoms with Crippen LogP contribution in [0.25, 0.3) is 11.0 Å². The summed E-state index contributed by atoms with van der Waals surface area (Å²) in [5.41, 5.74) is 6.28. The molecule has 0 saturated carbocycles. The van der Waals surface area contributed by atoms with E-state index in [1.165, 1.54) is 21.6 Å². The van der Waals surface area contributed by atoms with E-state index in [1.54, 1.807) is 31.6 Å². The molecule has 0 spiro atoms. The third-order valence-electron chi connectivity index (χ3n) is 7.00. The Labute approximate surface area is 209 Å². The van der Waals surface area contributed by atoms with Gasteiger partial charge in [0.1, 0.15) is 5.58 Å². The van der Waals surface area contributed by atoms with Crippen molar-refractivity contribution < 1.29 is 13.9 Å². The Bertz CT molecular complexity index is 1420. The minimum Gasteiger partial charge on any atom is -0.493 e. The summed E-state index contributed by atoms with van der Waals surface area (Å²) in [6, 6.07) is 14.4. The van der Waals surface area contributed by atoms with E-state index in [0.717, 1.165) is 41.0 Å². The maximum absolute atomic E-state index is 12.5. The maximum Gasteiger partial charge on any atom is 0.336 e. The molecule has 0 fully saturated rings. The van der Waals surface area contributed by atoms with E-state index in [0.29, 0.717) is 18.0 Å². The van der Waals surface area contributed by atoms with E-state index in [-0.39, 0.29) is 11.7 Å². The normalized spacial score (nSPS) is 16.0. The summed E-state index contributed by atoms with van der Waals surface area (Å²) in [6.45, 7) is 8.00. The summed E-state index contributed by atoms with van der Waals surface area (Å²) in [5.74, 6) is 1.88. The molecule has 1 aliphatic rings. The van der Waals surface area contributed by atoms with Gasteiger partial charge in [-0.2, -0.15) is 0 Å². The molecule has 5 rings (SSSR count). The Morgan fingerprint density at radius 2 is 1.89 bits per heavy atom. The summed E-state index contributed by atoms with van der Waals surface area (Å²) < 4.78 is 16.8. The van der Waals surface area contributed by atoms with E-state index in [1.807, 2.05) is 6.07 Å². The van der Waals surface area contributed by atoms with Gasteiger partial charge in [-0.3, -0.25) is 4.90 Å². The minimum absolute atomic E-state index is 0.0656. The van der Waals surface area contributed by atoms with Gasteiger partial charge < -0.3 is 13.9 Å². The number of nitrogens with zero attached hydrogens (tertiary/aromatic N) is 1. The van der Waals surface area contributed by atoms with E-state index in [2.05, 4.69) is 61.4 Å². The zero-order valence-electron chi connectivity index (χ0n) is 20.9. The van der Waals surface area contributed by atoms with E-state index in [4.69, 9.17) is 13.9 Å². The van der Waals surface area contributed by atoms with Crippen molar-refractivity contribution in [1.82, 2.24) is 4.90 Å². The molecule has 0 radical (unpaired) electrons. The number of fused-ring (bicyclic) bond motifs is 2. The Hall–Kier alpha value is -3.09. The van der Waals surface area contributed by atoms with E-state index in [9.17, 15) is 4.79 Å². The van der Waals surface area contributed by atoms with Gasteiger partial charge in [-0.1, -0.05) is 19.9 Å². The molecule has 2 aromatic carbocycles. The molecule has 0 aliphatic carbocycles. The second kappa shape index (κ2) is 9.51. The van der Waals surface area contributed by atoms with Crippen LogP contribution in [0.3, 0.4) is 0 Å². The molecular weight excluding hydrogens is 458 g/mol. The number of hydrogen-bond donors (Lipinski definition) is 0. The fourth-order valence-electron chi connectivity index (χ4n) is 5.31. The van der Waals surface area contributed by atoms with Crippen molar-refractivity contribution in [3.63, 3.8) is 0 Å². The van der Waals surface area contributed by atoms with Crippen LogP contribution in [0.2, 0.25) is 0 Å². The monoisotopic (exact) mass is 489 g/mol. The first-order valence-corrected chi connectivity index (χ1v) is 12.9. The second-order valence-electron chi connectivity index (χ2n) is 9.49. The molecule has 5 nitrogen and oxygen atoms in total. The standard InChI is InChI=1S/C29H31NO4S/c1-17(2)21-14-22-20(13-28(31)34-24(22)11-18(21)3)16-30-9-8-19-12-25(32-4)26(33-5)15-23(19)29(30)27-7-6-10-35-27/h6-7,10-15,17,29H,8-9,16H2,1-5H3/t29-/m1/s1. The number of methoxy groups -OCH3 is 2. The molecule has 182 valence electrons. The predicted molar refractivity (Wildman–Crippen MR) is 141 cm³/mol. The van der Waals surface area contributed by atoms with Crippen molar-refractivity contribution in [1.29, 1.82) is 0 Å². The van der Waals surface area contributed by atoms with Crippen LogP contribution in [0.4, 0.5) is 0 Å². The molecule has 0 saturated heterocycles. The minimum atomic E-state index is -0.305. The van der Waals surface area contributed by atoms with E-state index >= 15 is 0 Å². The van der Waals surface area contributed by atoms with E-state index < -0.39 is 0 Å². The van der Waals surface area contributed by atoms with Gasteiger partial charge in [0.15, 0.2) is 11.5 Å². The summed E-state index contributed by atoms with van der Waals surface area (Å²) >= 11 is 1.75. The van der Waals surface area contributed by atoms with Crippen LogP contribution in [0, 0.1) is 6.92 Å². The van der Waals surface area contributed by atoms with Crippen LogP contribution in [-0.4, -0.2) is 25.7 Å². The van der Waals surface area contributed by atoms with Crippen molar-refractivity contribution in [2.24, 2.45) is 0 Å². The first kappa shape index (κ1) is 23.6. The lowest BCUT2D eigenvalue weighted by Gasteiger charge is -2.37. The fourth-order valence-corrected chi connectivity index (χ4v) is 6.19. The lowest BCUT2D eigenvalue weighted by molar-refractivity contribution is 0.206. The quantitative estimate of drug-likeness (QED) is 0.291. The van der Waals surface area contributed by atoms with Crippen LogP contribution < -0.4 is 15.1 Å². The first-order valence-electron chi connectivity index (χ1n) is 12.0. The molecular formula is C29H31NO4S. The van der Waals surface area contributed by atoms with Gasteiger partial charge >= 0.3 is 5.63 Å². The number of benzene rings is 2. The van der Waals surface area contributed by atoms with Crippen LogP contribution in [0.15, 0.2) is 57.1 Å². The predicted octanol–water partition coefficient (Wildman–Crippen LogP) is 6.45. The highest BCUT2D eigenvalue weighted by Gasteiger charge is 2.31. The maximum atomic E-state index is 12.5. The van der Waals surface area contributed by atoms with Gasteiger partial charge in [0.25, 0.3) is 0 Å². The van der Waals surface area contributed by atoms with Gasteiger partial charge in [0, 0.05) is 29.4 Å². The molecule has 4 aromatic rings. The molecule has 0 bridgehead atoms. The van der Waals surface area contributed by atoms with Gasteiger partial charge in [-0.25, -0.2) is 4.79 Å². The number of thiophene rings is 1. The Balaban J connectivity index is 1.63. The largest absolute Gasteiger partial charge is 0.493 e. The highest BCUT2D eigenvalue weighted by molar-refractivity contribution is 7.10. The van der Waals surface area contributed by atoms with Crippen molar-refractivity contribution in [3.05, 3.63) is 91.0 Å². The molecule has 6 heteroatoms. The Morgan fingerprint density at radius 3 is 2.57 bits per heavy atom. The molecule has 1 atom stereocenters. The van der Waals surface area contributed by atoms with Crippen molar-refractivity contribution in [2.45, 2.75) is 45.7 Å². The Kier molecular flexibility index (Phi) is 6.43. The number of aryl methyl sites for hydroxylation is 1. The molecule has 3 heterocycles. The summed E-state index contributed by atoms with van der Waals surface area (Å²) in [7, 11) is 3.35. The van der Waals surface area contributed by atoms with Gasteiger partial charge in [-0.15, -0.1) is 11.3 Å². The average molecular weight is 490 g/mol. The molecule has 0 amide bonds. The fraction of sp³-hybridized carbons (Fsp3) is 0.345. The van der Waals surface area contributed by atoms with Crippen LogP contribution in [-0.2, 0) is 13.0 Å². The lowest BCUT2D eigenvalue weighted by Crippen LogP contribution is -2.35. The molecule has 1 aliphatic heterocycles. The van der Waals surface area contributed by atoms with Crippen LogP contribution in [0.1, 0.15) is 58.5 Å².